The second-order valence-corrected chi connectivity index (χ2v) is 6.50. The van der Waals surface area contributed by atoms with E-state index < -0.39 is 29.8 Å². The molecular weight excluding hydrogens is 422 g/mol. The maximum absolute atomic E-state index is 13.0. The van der Waals surface area contributed by atoms with Gasteiger partial charge in [0.15, 0.2) is 0 Å². The van der Waals surface area contributed by atoms with E-state index in [-0.39, 0.29) is 23.6 Å². The lowest BCUT2D eigenvalue weighted by atomic mass is 10.0. The molecule has 0 aliphatic rings. The van der Waals surface area contributed by atoms with E-state index in [0.29, 0.717) is 5.56 Å². The van der Waals surface area contributed by atoms with Gasteiger partial charge in [-0.3, -0.25) is 4.99 Å². The fourth-order valence-electron chi connectivity index (χ4n) is 2.79. The van der Waals surface area contributed by atoms with Crippen LogP contribution in [0.2, 0.25) is 0 Å². The minimum absolute atomic E-state index is 0.0347. The Morgan fingerprint density at radius 3 is 1.97 bits per heavy atom. The highest BCUT2D eigenvalue weighted by atomic mass is 19.4. The van der Waals surface area contributed by atoms with Crippen LogP contribution in [0.4, 0.5) is 26.3 Å². The second-order valence-electron chi connectivity index (χ2n) is 6.50. The van der Waals surface area contributed by atoms with Crippen LogP contribution in [0, 0.1) is 0 Å². The molecule has 1 unspecified atom stereocenters. The van der Waals surface area contributed by atoms with E-state index in [1.54, 1.807) is 30.3 Å². The summed E-state index contributed by atoms with van der Waals surface area (Å²) in [5.74, 6) is 0. The van der Waals surface area contributed by atoms with Crippen molar-refractivity contribution < 1.29 is 26.3 Å². The smallest absolute Gasteiger partial charge is 0.318 e. The van der Waals surface area contributed by atoms with Crippen molar-refractivity contribution in [3.63, 3.8) is 0 Å². The van der Waals surface area contributed by atoms with Gasteiger partial charge in [-0.2, -0.15) is 26.3 Å². The summed E-state index contributed by atoms with van der Waals surface area (Å²) in [6.07, 6.45) is -9.26. The van der Waals surface area contributed by atoms with Crippen molar-refractivity contribution in [3.05, 3.63) is 95.1 Å². The lowest BCUT2D eigenvalue weighted by molar-refractivity contribution is -0.142. The summed E-state index contributed by atoms with van der Waals surface area (Å²) in [7, 11) is 0. The highest BCUT2D eigenvalue weighted by Crippen LogP contribution is 2.29. The second kappa shape index (κ2) is 8.84. The summed E-state index contributed by atoms with van der Waals surface area (Å²) in [5.41, 5.74) is 4.65. The van der Waals surface area contributed by atoms with E-state index in [2.05, 4.69) is 15.0 Å². The molecule has 0 radical (unpaired) electrons. The minimum Gasteiger partial charge on any atom is -0.318 e. The third kappa shape index (κ3) is 5.66. The van der Waals surface area contributed by atoms with Gasteiger partial charge in [-0.15, -0.1) is 0 Å². The minimum atomic E-state index is -4.65. The molecule has 31 heavy (non-hydrogen) atoms. The summed E-state index contributed by atoms with van der Waals surface area (Å²) >= 11 is 0. The van der Waals surface area contributed by atoms with Crippen molar-refractivity contribution in [2.75, 3.05) is 0 Å². The number of nitrogens with two attached hydrogens (primary N) is 1. The average molecular weight is 438 g/mol. The van der Waals surface area contributed by atoms with E-state index in [1.165, 1.54) is 24.3 Å². The van der Waals surface area contributed by atoms with Gasteiger partial charge in [0.1, 0.15) is 11.4 Å². The summed E-state index contributed by atoms with van der Waals surface area (Å²) < 4.78 is 77.8. The molecule has 3 aromatic rings. The molecule has 2 aromatic heterocycles. The Labute approximate surface area is 173 Å². The van der Waals surface area contributed by atoms with Crippen LogP contribution in [-0.2, 0) is 18.9 Å². The van der Waals surface area contributed by atoms with Crippen LogP contribution in [0.1, 0.15) is 34.4 Å². The fraction of sp³-hybridized carbons (Fsp3) is 0.190. The van der Waals surface area contributed by atoms with Gasteiger partial charge in [0, 0.05) is 0 Å². The van der Waals surface area contributed by atoms with Gasteiger partial charge in [0.05, 0.1) is 29.7 Å². The Balaban J connectivity index is 1.98. The Hall–Kier alpha value is -3.27. The van der Waals surface area contributed by atoms with Crippen LogP contribution in [-0.4, -0.2) is 15.7 Å². The molecule has 2 heterocycles. The summed E-state index contributed by atoms with van der Waals surface area (Å²) in [6.45, 7) is -0.249. The predicted molar refractivity (Wildman–Crippen MR) is 102 cm³/mol. The van der Waals surface area contributed by atoms with Gasteiger partial charge >= 0.3 is 12.4 Å². The lowest BCUT2D eigenvalue weighted by Crippen LogP contribution is -2.25. The fourth-order valence-corrected chi connectivity index (χ4v) is 2.79. The third-order valence-corrected chi connectivity index (χ3v) is 4.25. The van der Waals surface area contributed by atoms with Crippen LogP contribution in [0.3, 0.4) is 0 Å². The first-order valence-corrected chi connectivity index (χ1v) is 8.98. The Morgan fingerprint density at radius 2 is 1.35 bits per heavy atom. The maximum atomic E-state index is 13.0. The first-order chi connectivity index (χ1) is 14.6. The van der Waals surface area contributed by atoms with E-state index in [0.717, 1.165) is 12.1 Å². The van der Waals surface area contributed by atoms with E-state index in [4.69, 9.17) is 5.73 Å². The SMILES string of the molecule is NC(/C(=N/Cc1cccc(C(F)(F)F)n1)c1ccccc1)c1cccc(C(F)(F)F)n1. The van der Waals surface area contributed by atoms with Crippen molar-refractivity contribution in [2.24, 2.45) is 10.7 Å². The monoisotopic (exact) mass is 438 g/mol. The quantitative estimate of drug-likeness (QED) is 0.440. The third-order valence-electron chi connectivity index (χ3n) is 4.25. The molecule has 162 valence electrons. The van der Waals surface area contributed by atoms with Crippen molar-refractivity contribution in [1.29, 1.82) is 0 Å². The zero-order valence-electron chi connectivity index (χ0n) is 15.8. The summed E-state index contributed by atoms with van der Waals surface area (Å²) in [4.78, 5) is 11.4. The Morgan fingerprint density at radius 1 is 0.774 bits per heavy atom. The van der Waals surface area contributed by atoms with Crippen molar-refractivity contribution >= 4 is 5.71 Å². The van der Waals surface area contributed by atoms with Crippen molar-refractivity contribution in [2.45, 2.75) is 24.9 Å². The van der Waals surface area contributed by atoms with Crippen LogP contribution in [0.5, 0.6) is 0 Å². The molecular formula is C21H16F6N4. The van der Waals surface area contributed by atoms with E-state index >= 15 is 0 Å². The zero-order chi connectivity index (χ0) is 22.6. The standard InChI is InChI=1S/C21H16F6N4/c22-20(23,24)16-10-4-8-14(30-16)12-29-19(13-6-2-1-3-7-13)18(28)15-9-5-11-17(31-15)21(25,26)27/h1-11,18H,12,28H2/b29-19+. The number of hydrogen-bond acceptors (Lipinski definition) is 4. The molecule has 2 N–H and O–H groups in total. The first kappa shape index (κ1) is 22.4. The molecule has 0 bridgehead atoms. The van der Waals surface area contributed by atoms with Crippen LogP contribution < -0.4 is 5.73 Å². The van der Waals surface area contributed by atoms with Crippen LogP contribution in [0.15, 0.2) is 71.7 Å². The van der Waals surface area contributed by atoms with Crippen LogP contribution in [0.25, 0.3) is 0 Å². The number of hydrogen-bond donors (Lipinski definition) is 1. The molecule has 0 spiro atoms. The molecule has 3 rings (SSSR count). The molecule has 0 amide bonds. The highest BCUT2D eigenvalue weighted by molar-refractivity contribution is 6.04. The van der Waals surface area contributed by atoms with Gasteiger partial charge in [0.25, 0.3) is 0 Å². The number of alkyl halides is 6. The first-order valence-electron chi connectivity index (χ1n) is 8.98. The summed E-state index contributed by atoms with van der Waals surface area (Å²) in [5, 5.41) is 0. The molecule has 0 saturated carbocycles. The predicted octanol–water partition coefficient (Wildman–Crippen LogP) is 5.20. The number of aliphatic imine (C=N–C) groups is 1. The van der Waals surface area contributed by atoms with Gasteiger partial charge in [-0.25, -0.2) is 9.97 Å². The Bertz CT molecular complexity index is 1060. The largest absolute Gasteiger partial charge is 0.433 e. The number of halogens is 6. The molecule has 0 saturated heterocycles. The number of benzene rings is 1. The normalized spacial score (nSPS) is 13.8. The van der Waals surface area contributed by atoms with Gasteiger partial charge in [-0.05, 0) is 29.8 Å². The molecule has 0 fully saturated rings. The van der Waals surface area contributed by atoms with Gasteiger partial charge in [-0.1, -0.05) is 42.5 Å². The lowest BCUT2D eigenvalue weighted by Gasteiger charge is -2.17. The van der Waals surface area contributed by atoms with Crippen LogP contribution >= 0.6 is 0 Å². The number of nitrogens with zero attached hydrogens (tertiary/aromatic N) is 3. The number of pyridine rings is 2. The number of rotatable bonds is 5. The molecule has 10 heteroatoms. The highest BCUT2D eigenvalue weighted by Gasteiger charge is 2.33. The molecule has 0 aliphatic heterocycles. The maximum Gasteiger partial charge on any atom is 0.433 e. The molecule has 4 nitrogen and oxygen atoms in total. The van der Waals surface area contributed by atoms with Gasteiger partial charge < -0.3 is 5.73 Å². The Kier molecular flexibility index (Phi) is 6.40. The van der Waals surface area contributed by atoms with E-state index in [1.807, 2.05) is 0 Å². The van der Waals surface area contributed by atoms with Gasteiger partial charge in [0.2, 0.25) is 0 Å². The van der Waals surface area contributed by atoms with Crippen molar-refractivity contribution in [3.8, 4) is 0 Å². The molecule has 1 atom stereocenters. The topological polar surface area (TPSA) is 64.2 Å². The molecule has 1 aromatic carbocycles. The molecule has 0 aliphatic carbocycles. The summed E-state index contributed by atoms with van der Waals surface area (Å²) in [6, 6.07) is 14.0. The zero-order valence-corrected chi connectivity index (χ0v) is 15.8. The number of aromatic nitrogens is 2. The van der Waals surface area contributed by atoms with E-state index in [9.17, 15) is 26.3 Å². The van der Waals surface area contributed by atoms with Crippen molar-refractivity contribution in [1.82, 2.24) is 9.97 Å². The average Bonchev–Trinajstić information content (AvgIpc) is 2.73.